The van der Waals surface area contributed by atoms with Gasteiger partial charge in [-0.3, -0.25) is 14.1 Å². The molecule has 0 amide bonds. The highest BCUT2D eigenvalue weighted by Gasteiger charge is 2.23. The Labute approximate surface area is 305 Å². The number of furan rings is 1. The summed E-state index contributed by atoms with van der Waals surface area (Å²) in [4.78, 5) is 17.9. The van der Waals surface area contributed by atoms with E-state index < -0.39 is 0 Å². The zero-order chi connectivity index (χ0) is 35.6. The van der Waals surface area contributed by atoms with Crippen molar-refractivity contribution in [3.63, 3.8) is 0 Å². The van der Waals surface area contributed by atoms with Crippen LogP contribution in [-0.4, -0.2) is 14.8 Å². The summed E-state index contributed by atoms with van der Waals surface area (Å²) < 4.78 is 9.85. The summed E-state index contributed by atoms with van der Waals surface area (Å²) in [7, 11) is 3.63. The first-order valence-electron chi connectivity index (χ1n) is 17.8. The van der Waals surface area contributed by atoms with E-state index in [4.69, 9.17) is 9.41 Å². The number of imidazole rings is 1. The van der Waals surface area contributed by atoms with Gasteiger partial charge in [-0.25, -0.2) is 4.79 Å². The highest BCUT2D eigenvalue weighted by molar-refractivity contribution is 6.20. The van der Waals surface area contributed by atoms with Gasteiger partial charge in [0.15, 0.2) is 0 Å². The van der Waals surface area contributed by atoms with Crippen LogP contribution in [0.2, 0.25) is 0 Å². The molecule has 7 aromatic carbocycles. The molecule has 1 aliphatic heterocycles. The third-order valence-corrected chi connectivity index (χ3v) is 10.6. The number of fused-ring (bicyclic) bond motifs is 5. The van der Waals surface area contributed by atoms with Gasteiger partial charge in [-0.05, 0) is 80.6 Å². The Morgan fingerprint density at radius 1 is 0.585 bits per heavy atom. The first-order chi connectivity index (χ1) is 26.0. The fraction of sp³-hybridized carbons (Fsp3) is 0.0638. The Bertz CT molecular complexity index is 3020. The maximum absolute atomic E-state index is 12.6. The fourth-order valence-corrected chi connectivity index (χ4v) is 7.85. The third-order valence-electron chi connectivity index (χ3n) is 10.6. The van der Waals surface area contributed by atoms with Gasteiger partial charge in [0.1, 0.15) is 17.3 Å². The number of rotatable bonds is 5. The van der Waals surface area contributed by atoms with E-state index in [0.717, 1.165) is 88.7 Å². The molecule has 53 heavy (non-hydrogen) atoms. The Morgan fingerprint density at radius 2 is 1.25 bits per heavy atom. The molecule has 0 radical (unpaired) electrons. The van der Waals surface area contributed by atoms with Gasteiger partial charge in [-0.1, -0.05) is 121 Å². The van der Waals surface area contributed by atoms with Crippen molar-refractivity contribution in [1.82, 2.24) is 14.5 Å². The molecule has 1 atom stereocenters. The normalized spacial score (nSPS) is 14.5. The first-order valence-corrected chi connectivity index (χ1v) is 17.8. The van der Waals surface area contributed by atoms with Crippen LogP contribution in [0.1, 0.15) is 22.9 Å². The molecule has 0 saturated carbocycles. The van der Waals surface area contributed by atoms with Crippen molar-refractivity contribution in [3.8, 4) is 22.3 Å². The van der Waals surface area contributed by atoms with Gasteiger partial charge < -0.3 is 9.73 Å². The minimum absolute atomic E-state index is 0.0294. The molecule has 1 aliphatic rings. The molecule has 6 heteroatoms. The number of nitrogens with one attached hydrogen (secondary N) is 1. The second kappa shape index (κ2) is 12.1. The number of benzene rings is 7. The molecule has 0 fully saturated rings. The summed E-state index contributed by atoms with van der Waals surface area (Å²) in [6.45, 7) is 0. The Hall–Kier alpha value is -6.92. The highest BCUT2D eigenvalue weighted by atomic mass is 16.3. The average Bonchev–Trinajstić information content (AvgIpc) is 3.69. The minimum Gasteiger partial charge on any atom is -0.456 e. The second-order valence-electron chi connectivity index (χ2n) is 13.7. The fourth-order valence-electron chi connectivity index (χ4n) is 7.85. The van der Waals surface area contributed by atoms with Crippen LogP contribution in [0, 0.1) is 0 Å². The van der Waals surface area contributed by atoms with E-state index in [1.807, 2.05) is 26.2 Å². The summed E-state index contributed by atoms with van der Waals surface area (Å²) in [6.07, 6.45) is 1.89. The van der Waals surface area contributed by atoms with Crippen molar-refractivity contribution in [1.29, 1.82) is 0 Å². The standard InChI is InChI=1S/C47H34N4O2/c1-50-41-24-23-34(26-42(41)51(2)47(50)52)29-19-21-30(22-20-29)39-28-40(49-46(48-39)31-11-4-3-5-12-31)36-16-9-8-15-35(36)37-17-10-18-43-45(37)38-25-32-13-6-7-14-33(32)27-44(38)53-43/h3-28,46,48H,1-2H3. The summed E-state index contributed by atoms with van der Waals surface area (Å²) in [5.74, 6) is 0. The number of aliphatic imine (C=N–C) groups is 1. The Morgan fingerprint density at radius 3 is 2.06 bits per heavy atom. The molecule has 1 N–H and O–H groups in total. The molecular weight excluding hydrogens is 653 g/mol. The minimum atomic E-state index is -0.280. The molecule has 3 heterocycles. The Kier molecular flexibility index (Phi) is 7.05. The van der Waals surface area contributed by atoms with Crippen molar-refractivity contribution in [2.45, 2.75) is 6.17 Å². The molecule has 9 aromatic rings. The number of aryl methyl sites for hydroxylation is 2. The van der Waals surface area contributed by atoms with Gasteiger partial charge in [0, 0.05) is 36.1 Å². The summed E-state index contributed by atoms with van der Waals surface area (Å²) >= 11 is 0. The third kappa shape index (κ3) is 5.10. The van der Waals surface area contributed by atoms with E-state index >= 15 is 0 Å². The van der Waals surface area contributed by atoms with E-state index in [1.54, 1.807) is 9.13 Å². The van der Waals surface area contributed by atoms with Crippen LogP contribution in [0.15, 0.2) is 172 Å². The molecular formula is C47H34N4O2. The lowest BCUT2D eigenvalue weighted by Crippen LogP contribution is -2.25. The first kappa shape index (κ1) is 30.9. The molecule has 6 nitrogen and oxygen atoms in total. The quantitative estimate of drug-likeness (QED) is 0.196. The lowest BCUT2D eigenvalue weighted by Gasteiger charge is -2.26. The monoisotopic (exact) mass is 686 g/mol. The topological polar surface area (TPSA) is 64.5 Å². The molecule has 2 aromatic heterocycles. The predicted molar refractivity (Wildman–Crippen MR) is 217 cm³/mol. The van der Waals surface area contributed by atoms with Crippen LogP contribution < -0.4 is 11.0 Å². The lowest BCUT2D eigenvalue weighted by atomic mass is 9.91. The second-order valence-corrected chi connectivity index (χ2v) is 13.7. The molecule has 0 aliphatic carbocycles. The number of aromatic nitrogens is 2. The molecule has 0 spiro atoms. The van der Waals surface area contributed by atoms with Crippen molar-refractivity contribution in [3.05, 3.63) is 185 Å². The van der Waals surface area contributed by atoms with Crippen LogP contribution in [0.4, 0.5) is 0 Å². The predicted octanol–water partition coefficient (Wildman–Crippen LogP) is 10.4. The largest absolute Gasteiger partial charge is 0.456 e. The zero-order valence-corrected chi connectivity index (χ0v) is 29.2. The van der Waals surface area contributed by atoms with E-state index in [2.05, 4.69) is 151 Å². The van der Waals surface area contributed by atoms with Gasteiger partial charge in [0.2, 0.25) is 0 Å². The summed E-state index contributed by atoms with van der Waals surface area (Å²) in [5, 5.41) is 8.27. The van der Waals surface area contributed by atoms with Gasteiger partial charge in [0.25, 0.3) is 0 Å². The number of nitrogens with zero attached hydrogens (tertiary/aromatic N) is 3. The van der Waals surface area contributed by atoms with Crippen molar-refractivity contribution >= 4 is 55.2 Å². The van der Waals surface area contributed by atoms with Crippen LogP contribution in [0.3, 0.4) is 0 Å². The van der Waals surface area contributed by atoms with Crippen LogP contribution >= 0.6 is 0 Å². The molecule has 1 unspecified atom stereocenters. The van der Waals surface area contributed by atoms with Crippen LogP contribution in [0.25, 0.3) is 71.7 Å². The van der Waals surface area contributed by atoms with E-state index in [9.17, 15) is 4.79 Å². The molecule has 254 valence electrons. The van der Waals surface area contributed by atoms with Crippen molar-refractivity contribution in [2.75, 3.05) is 0 Å². The van der Waals surface area contributed by atoms with Crippen molar-refractivity contribution in [2.24, 2.45) is 19.1 Å². The van der Waals surface area contributed by atoms with E-state index in [1.165, 1.54) is 5.39 Å². The van der Waals surface area contributed by atoms with Gasteiger partial charge in [-0.2, -0.15) is 0 Å². The molecule has 0 bridgehead atoms. The van der Waals surface area contributed by atoms with Crippen LogP contribution in [0.5, 0.6) is 0 Å². The van der Waals surface area contributed by atoms with Crippen molar-refractivity contribution < 1.29 is 4.42 Å². The maximum Gasteiger partial charge on any atom is 0.328 e. The highest BCUT2D eigenvalue weighted by Crippen LogP contribution is 2.40. The molecule has 10 rings (SSSR count). The van der Waals surface area contributed by atoms with E-state index in [-0.39, 0.29) is 11.9 Å². The lowest BCUT2D eigenvalue weighted by molar-refractivity contribution is 0.664. The molecule has 0 saturated heterocycles. The van der Waals surface area contributed by atoms with Gasteiger partial charge in [-0.15, -0.1) is 0 Å². The number of hydrogen-bond acceptors (Lipinski definition) is 4. The Balaban J connectivity index is 1.09. The van der Waals surface area contributed by atoms with Crippen LogP contribution in [-0.2, 0) is 14.1 Å². The smallest absolute Gasteiger partial charge is 0.328 e. The maximum atomic E-state index is 12.6. The van der Waals surface area contributed by atoms with E-state index in [0.29, 0.717) is 0 Å². The SMILES string of the molecule is Cn1c(=O)n(C)c2cc(-c3ccc(C4=CC(c5ccccc5-c5cccc6oc7cc8ccccc8cc7c56)=NC(c5ccccc5)N4)cc3)ccc21. The van der Waals surface area contributed by atoms with Gasteiger partial charge >= 0.3 is 5.69 Å². The average molecular weight is 687 g/mol. The summed E-state index contributed by atoms with van der Waals surface area (Å²) in [5.41, 5.74) is 13.0. The summed E-state index contributed by atoms with van der Waals surface area (Å²) in [6, 6.07) is 52.8. The number of allylic oxidation sites excluding steroid dienone is 1. The van der Waals surface area contributed by atoms with Gasteiger partial charge in [0.05, 0.1) is 16.7 Å². The zero-order valence-electron chi connectivity index (χ0n) is 29.2. The number of hydrogen-bond donors (Lipinski definition) is 1.